The van der Waals surface area contributed by atoms with Crippen molar-refractivity contribution >= 4 is 11.9 Å². The summed E-state index contributed by atoms with van der Waals surface area (Å²) >= 11 is 0. The highest BCUT2D eigenvalue weighted by molar-refractivity contribution is 5.96. The Kier molecular flexibility index (Phi) is 5.05. The monoisotopic (exact) mass is 359 g/mol. The minimum absolute atomic E-state index is 0.0659. The van der Waals surface area contributed by atoms with Gasteiger partial charge in [-0.1, -0.05) is 26.0 Å². The number of aliphatic hydroxyl groups is 2. The number of rotatable bonds is 3. The second-order valence-corrected chi connectivity index (χ2v) is 7.36. The first kappa shape index (κ1) is 18.5. The summed E-state index contributed by atoms with van der Waals surface area (Å²) < 4.78 is 4.80. The van der Waals surface area contributed by atoms with E-state index >= 15 is 0 Å². The molecule has 1 heterocycles. The Hall–Kier alpha value is -2.34. The highest BCUT2D eigenvalue weighted by atomic mass is 16.5. The topological polar surface area (TPSA) is 87.1 Å². The second kappa shape index (κ2) is 7.11. The maximum atomic E-state index is 13.0. The molecule has 0 aromatic rings. The third-order valence-corrected chi connectivity index (χ3v) is 5.24. The SMILES string of the molecule is COC(=O)C1C=CC2=C(C1)CN(C(=O)C1=CC(C(C)C)=C(O)CC1O)C2. The van der Waals surface area contributed by atoms with Crippen LogP contribution < -0.4 is 0 Å². The van der Waals surface area contributed by atoms with Crippen molar-refractivity contribution in [2.24, 2.45) is 11.8 Å². The predicted octanol–water partition coefficient (Wildman–Crippen LogP) is 2.03. The number of allylic oxidation sites excluding steroid dienone is 2. The summed E-state index contributed by atoms with van der Waals surface area (Å²) in [6.45, 7) is 4.80. The molecule has 140 valence electrons. The normalized spacial score (nSPS) is 25.6. The van der Waals surface area contributed by atoms with Gasteiger partial charge in [0.05, 0.1) is 24.9 Å². The molecule has 26 heavy (non-hydrogen) atoms. The van der Waals surface area contributed by atoms with E-state index in [1.807, 2.05) is 26.0 Å². The van der Waals surface area contributed by atoms with Crippen LogP contribution >= 0.6 is 0 Å². The van der Waals surface area contributed by atoms with E-state index in [1.54, 1.807) is 11.0 Å². The molecular weight excluding hydrogens is 334 g/mol. The number of methoxy groups -OCH3 is 1. The molecule has 0 spiro atoms. The summed E-state index contributed by atoms with van der Waals surface area (Å²) in [5.41, 5.74) is 3.12. The minimum atomic E-state index is -0.999. The number of hydrogen-bond donors (Lipinski definition) is 2. The Morgan fingerprint density at radius 2 is 2.00 bits per heavy atom. The molecule has 0 aromatic heterocycles. The molecule has 1 amide bonds. The zero-order chi connectivity index (χ0) is 19.0. The molecule has 0 bridgehead atoms. The highest BCUT2D eigenvalue weighted by Gasteiger charge is 2.35. The molecule has 6 nitrogen and oxygen atoms in total. The lowest BCUT2D eigenvalue weighted by molar-refractivity contribution is -0.143. The average molecular weight is 359 g/mol. The van der Waals surface area contributed by atoms with Crippen molar-refractivity contribution in [1.29, 1.82) is 0 Å². The van der Waals surface area contributed by atoms with Gasteiger partial charge in [-0.15, -0.1) is 0 Å². The molecule has 0 saturated carbocycles. The third-order valence-electron chi connectivity index (χ3n) is 5.24. The van der Waals surface area contributed by atoms with E-state index in [0.29, 0.717) is 30.7 Å². The molecule has 0 radical (unpaired) electrons. The van der Waals surface area contributed by atoms with Crippen LogP contribution in [0.2, 0.25) is 0 Å². The van der Waals surface area contributed by atoms with E-state index in [0.717, 1.165) is 11.1 Å². The first-order valence-corrected chi connectivity index (χ1v) is 8.89. The van der Waals surface area contributed by atoms with E-state index in [-0.39, 0.29) is 35.9 Å². The van der Waals surface area contributed by atoms with Gasteiger partial charge in [-0.3, -0.25) is 9.59 Å². The smallest absolute Gasteiger partial charge is 0.312 e. The van der Waals surface area contributed by atoms with E-state index in [4.69, 9.17) is 4.74 Å². The standard InChI is InChI=1S/C20H25NO5/c1-11(2)15-7-16(18(23)8-17(15)22)19(24)21-9-13-5-4-12(20(25)26-3)6-14(13)10-21/h4-5,7,11-12,18,22-23H,6,8-10H2,1-3H3. The van der Waals surface area contributed by atoms with Gasteiger partial charge in [-0.05, 0) is 35.1 Å². The zero-order valence-electron chi connectivity index (χ0n) is 15.4. The van der Waals surface area contributed by atoms with Crippen molar-refractivity contribution < 1.29 is 24.5 Å². The Morgan fingerprint density at radius 1 is 1.27 bits per heavy atom. The molecule has 2 aliphatic carbocycles. The van der Waals surface area contributed by atoms with Gasteiger partial charge in [-0.25, -0.2) is 0 Å². The van der Waals surface area contributed by atoms with Crippen molar-refractivity contribution in [2.45, 2.75) is 32.8 Å². The molecular formula is C20H25NO5. The average Bonchev–Trinajstić information content (AvgIpc) is 3.03. The van der Waals surface area contributed by atoms with Crippen LogP contribution in [0.1, 0.15) is 26.7 Å². The number of nitrogens with zero attached hydrogens (tertiary/aromatic N) is 1. The lowest BCUT2D eigenvalue weighted by Crippen LogP contribution is -2.36. The van der Waals surface area contributed by atoms with Crippen LogP contribution in [-0.4, -0.2) is 53.3 Å². The van der Waals surface area contributed by atoms with E-state index < -0.39 is 6.10 Å². The number of hydrogen-bond acceptors (Lipinski definition) is 5. The van der Waals surface area contributed by atoms with Gasteiger partial charge >= 0.3 is 5.97 Å². The second-order valence-electron chi connectivity index (χ2n) is 7.36. The van der Waals surface area contributed by atoms with Gasteiger partial charge in [0.15, 0.2) is 0 Å². The fourth-order valence-electron chi connectivity index (χ4n) is 3.74. The van der Waals surface area contributed by atoms with E-state index in [2.05, 4.69) is 0 Å². The van der Waals surface area contributed by atoms with Crippen molar-refractivity contribution in [3.8, 4) is 0 Å². The van der Waals surface area contributed by atoms with Gasteiger partial charge in [0.25, 0.3) is 5.91 Å². The number of esters is 1. The van der Waals surface area contributed by atoms with Crippen molar-refractivity contribution in [2.75, 3.05) is 20.2 Å². The quantitative estimate of drug-likeness (QED) is 0.753. The molecule has 6 heteroatoms. The molecule has 2 atom stereocenters. The Morgan fingerprint density at radius 3 is 2.65 bits per heavy atom. The predicted molar refractivity (Wildman–Crippen MR) is 96.1 cm³/mol. The van der Waals surface area contributed by atoms with Crippen LogP contribution in [0.3, 0.4) is 0 Å². The number of aliphatic hydroxyl groups excluding tert-OH is 2. The van der Waals surface area contributed by atoms with Crippen molar-refractivity contribution in [1.82, 2.24) is 4.90 Å². The Labute approximate surface area is 153 Å². The van der Waals surface area contributed by atoms with Gasteiger partial charge in [0, 0.05) is 25.1 Å². The summed E-state index contributed by atoms with van der Waals surface area (Å²) in [4.78, 5) is 26.4. The molecule has 0 saturated heterocycles. The lowest BCUT2D eigenvalue weighted by atomic mass is 9.89. The van der Waals surface area contributed by atoms with Crippen LogP contribution in [0.15, 0.2) is 46.3 Å². The van der Waals surface area contributed by atoms with Crippen LogP contribution in [0.4, 0.5) is 0 Å². The van der Waals surface area contributed by atoms with Gasteiger partial charge in [0.2, 0.25) is 0 Å². The maximum absolute atomic E-state index is 13.0. The van der Waals surface area contributed by atoms with Crippen LogP contribution in [0.25, 0.3) is 0 Å². The highest BCUT2D eigenvalue weighted by Crippen LogP contribution is 2.33. The minimum Gasteiger partial charge on any atom is -0.512 e. The summed E-state index contributed by atoms with van der Waals surface area (Å²) in [5.74, 6) is -0.586. The molecule has 2 unspecified atom stereocenters. The van der Waals surface area contributed by atoms with Gasteiger partial charge in [-0.2, -0.15) is 0 Å². The molecule has 1 aliphatic heterocycles. The van der Waals surface area contributed by atoms with E-state index in [9.17, 15) is 19.8 Å². The fourth-order valence-corrected chi connectivity index (χ4v) is 3.74. The fraction of sp³-hybridized carbons (Fsp3) is 0.500. The molecule has 0 aromatic carbocycles. The molecule has 3 rings (SSSR count). The Balaban J connectivity index is 1.74. The number of ether oxygens (including phenoxy) is 1. The largest absolute Gasteiger partial charge is 0.512 e. The first-order valence-electron chi connectivity index (χ1n) is 8.89. The Bertz CT molecular complexity index is 756. The zero-order valence-corrected chi connectivity index (χ0v) is 15.4. The van der Waals surface area contributed by atoms with Crippen LogP contribution in [-0.2, 0) is 14.3 Å². The first-order chi connectivity index (χ1) is 12.3. The third kappa shape index (κ3) is 3.33. The molecule has 3 aliphatic rings. The molecule has 0 fully saturated rings. The van der Waals surface area contributed by atoms with Crippen molar-refractivity contribution in [3.05, 3.63) is 46.3 Å². The summed E-state index contributed by atoms with van der Waals surface area (Å²) in [7, 11) is 1.37. The summed E-state index contributed by atoms with van der Waals surface area (Å²) in [5, 5.41) is 20.3. The maximum Gasteiger partial charge on any atom is 0.312 e. The van der Waals surface area contributed by atoms with E-state index in [1.165, 1.54) is 7.11 Å². The number of amides is 1. The van der Waals surface area contributed by atoms with Crippen LogP contribution in [0, 0.1) is 11.8 Å². The molecule has 2 N–H and O–H groups in total. The van der Waals surface area contributed by atoms with Crippen molar-refractivity contribution in [3.63, 3.8) is 0 Å². The lowest BCUT2D eigenvalue weighted by Gasteiger charge is -2.26. The van der Waals surface area contributed by atoms with Gasteiger partial charge < -0.3 is 19.8 Å². The van der Waals surface area contributed by atoms with Gasteiger partial charge in [0.1, 0.15) is 0 Å². The number of carbonyl (C=O) groups excluding carboxylic acids is 2. The summed E-state index contributed by atoms with van der Waals surface area (Å²) in [6, 6.07) is 0. The van der Waals surface area contributed by atoms with Crippen LogP contribution in [0.5, 0.6) is 0 Å². The number of carbonyl (C=O) groups is 2. The summed E-state index contributed by atoms with van der Waals surface area (Å²) in [6.07, 6.45) is 4.97.